The third-order valence-corrected chi connectivity index (χ3v) is 2.88. The van der Waals surface area contributed by atoms with Crippen molar-refractivity contribution >= 4 is 0 Å². The van der Waals surface area contributed by atoms with Gasteiger partial charge in [-0.3, -0.25) is 9.58 Å². The molecule has 3 heteroatoms. The predicted molar refractivity (Wildman–Crippen MR) is 52.4 cm³/mol. The zero-order valence-electron chi connectivity index (χ0n) is 8.40. The van der Waals surface area contributed by atoms with Gasteiger partial charge < -0.3 is 0 Å². The normalized spacial score (nSPS) is 24.9. The predicted octanol–water partition coefficient (Wildman–Crippen LogP) is 1.58. The molecule has 13 heavy (non-hydrogen) atoms. The summed E-state index contributed by atoms with van der Waals surface area (Å²) in [6.45, 7) is 1.22. The van der Waals surface area contributed by atoms with Crippen molar-refractivity contribution in [1.82, 2.24) is 14.7 Å². The van der Waals surface area contributed by atoms with E-state index in [1.807, 2.05) is 17.9 Å². The minimum Gasteiger partial charge on any atom is -0.299 e. The Hall–Kier alpha value is -0.830. The number of aromatic nitrogens is 2. The third kappa shape index (κ3) is 1.75. The maximum atomic E-state index is 4.22. The zero-order valence-corrected chi connectivity index (χ0v) is 8.40. The molecule has 1 fully saturated rings. The molecule has 1 saturated heterocycles. The molecule has 0 aliphatic carbocycles. The van der Waals surface area contributed by atoms with Gasteiger partial charge in [-0.2, -0.15) is 5.10 Å². The highest BCUT2D eigenvalue weighted by Gasteiger charge is 2.21. The Morgan fingerprint density at radius 1 is 1.38 bits per heavy atom. The molecule has 72 valence electrons. The van der Waals surface area contributed by atoms with Crippen LogP contribution in [-0.2, 0) is 7.05 Å². The van der Waals surface area contributed by atoms with Crippen LogP contribution in [0.25, 0.3) is 0 Å². The molecule has 0 bridgehead atoms. The minimum absolute atomic E-state index is 0.599. The maximum absolute atomic E-state index is 4.22. The molecule has 2 rings (SSSR count). The van der Waals surface area contributed by atoms with E-state index in [0.29, 0.717) is 6.04 Å². The molecule has 1 aliphatic rings. The molecule has 0 aromatic carbocycles. The van der Waals surface area contributed by atoms with Gasteiger partial charge in [-0.05, 0) is 26.4 Å². The van der Waals surface area contributed by atoms with Crippen LogP contribution in [0.3, 0.4) is 0 Å². The van der Waals surface area contributed by atoms with Crippen molar-refractivity contribution in [2.24, 2.45) is 7.05 Å². The molecule has 0 amide bonds. The average Bonchev–Trinajstić information content (AvgIpc) is 2.53. The summed E-state index contributed by atoms with van der Waals surface area (Å²) in [7, 11) is 4.18. The van der Waals surface area contributed by atoms with E-state index >= 15 is 0 Å². The smallest absolute Gasteiger partial charge is 0.0537 e. The molecule has 3 nitrogen and oxygen atoms in total. The van der Waals surface area contributed by atoms with E-state index in [4.69, 9.17) is 0 Å². The van der Waals surface area contributed by atoms with E-state index in [-0.39, 0.29) is 0 Å². The van der Waals surface area contributed by atoms with Crippen molar-refractivity contribution in [2.75, 3.05) is 13.6 Å². The van der Waals surface area contributed by atoms with Crippen LogP contribution < -0.4 is 0 Å². The standard InChI is InChI=1S/C10H17N3/c1-12-6-4-3-5-10(12)9-7-11-13(2)8-9/h7-8,10H,3-6H2,1-2H3. The molecule has 1 aromatic rings. The third-order valence-electron chi connectivity index (χ3n) is 2.88. The first kappa shape index (κ1) is 8.75. The Labute approximate surface area is 79.3 Å². The SMILES string of the molecule is CN1CCCCC1c1cnn(C)c1. The van der Waals surface area contributed by atoms with Gasteiger partial charge in [0.2, 0.25) is 0 Å². The van der Waals surface area contributed by atoms with E-state index in [2.05, 4.69) is 23.2 Å². The number of likely N-dealkylation sites (tertiary alicyclic amines) is 1. The van der Waals surface area contributed by atoms with Gasteiger partial charge in [0, 0.05) is 24.8 Å². The van der Waals surface area contributed by atoms with Gasteiger partial charge in [-0.15, -0.1) is 0 Å². The highest BCUT2D eigenvalue weighted by atomic mass is 15.2. The summed E-state index contributed by atoms with van der Waals surface area (Å²) < 4.78 is 1.89. The van der Waals surface area contributed by atoms with Crippen molar-refractivity contribution in [1.29, 1.82) is 0 Å². The van der Waals surface area contributed by atoms with Crippen LogP contribution in [-0.4, -0.2) is 28.3 Å². The van der Waals surface area contributed by atoms with Crippen LogP contribution in [0.2, 0.25) is 0 Å². The largest absolute Gasteiger partial charge is 0.299 e. The summed E-state index contributed by atoms with van der Waals surface area (Å²) >= 11 is 0. The Kier molecular flexibility index (Phi) is 2.36. The number of hydrogen-bond acceptors (Lipinski definition) is 2. The van der Waals surface area contributed by atoms with Gasteiger partial charge in [-0.25, -0.2) is 0 Å². The highest BCUT2D eigenvalue weighted by molar-refractivity contribution is 5.10. The Bertz CT molecular complexity index is 279. The highest BCUT2D eigenvalue weighted by Crippen LogP contribution is 2.28. The van der Waals surface area contributed by atoms with Crippen molar-refractivity contribution in [3.63, 3.8) is 0 Å². The zero-order chi connectivity index (χ0) is 9.26. The Balaban J connectivity index is 2.14. The average molecular weight is 179 g/mol. The van der Waals surface area contributed by atoms with E-state index in [1.165, 1.54) is 31.4 Å². The number of rotatable bonds is 1. The minimum atomic E-state index is 0.599. The lowest BCUT2D eigenvalue weighted by molar-refractivity contribution is 0.187. The van der Waals surface area contributed by atoms with Crippen LogP contribution in [0.15, 0.2) is 12.4 Å². The van der Waals surface area contributed by atoms with Crippen LogP contribution in [0.5, 0.6) is 0 Å². The number of hydrogen-bond donors (Lipinski definition) is 0. The molecule has 0 N–H and O–H groups in total. The van der Waals surface area contributed by atoms with E-state index < -0.39 is 0 Å². The van der Waals surface area contributed by atoms with E-state index in [0.717, 1.165) is 0 Å². The molecule has 0 radical (unpaired) electrons. The van der Waals surface area contributed by atoms with E-state index in [9.17, 15) is 0 Å². The first-order valence-corrected chi connectivity index (χ1v) is 4.96. The lowest BCUT2D eigenvalue weighted by atomic mass is 9.98. The lowest BCUT2D eigenvalue weighted by Gasteiger charge is -2.31. The Morgan fingerprint density at radius 2 is 2.23 bits per heavy atom. The monoisotopic (exact) mass is 179 g/mol. The molecule has 1 aliphatic heterocycles. The summed E-state index contributed by atoms with van der Waals surface area (Å²) in [5, 5.41) is 4.22. The van der Waals surface area contributed by atoms with Crippen LogP contribution in [0.1, 0.15) is 30.9 Å². The first-order chi connectivity index (χ1) is 6.27. The molecule has 0 spiro atoms. The molecule has 1 aromatic heterocycles. The van der Waals surface area contributed by atoms with Gasteiger partial charge in [0.15, 0.2) is 0 Å². The summed E-state index contributed by atoms with van der Waals surface area (Å²) in [4.78, 5) is 2.43. The molecular weight excluding hydrogens is 162 g/mol. The second-order valence-corrected chi connectivity index (χ2v) is 3.94. The fourth-order valence-electron chi connectivity index (χ4n) is 2.11. The molecule has 1 unspecified atom stereocenters. The summed E-state index contributed by atoms with van der Waals surface area (Å²) in [5.41, 5.74) is 1.37. The fraction of sp³-hybridized carbons (Fsp3) is 0.700. The lowest BCUT2D eigenvalue weighted by Crippen LogP contribution is -2.29. The van der Waals surface area contributed by atoms with Crippen LogP contribution in [0.4, 0.5) is 0 Å². The summed E-state index contributed by atoms with van der Waals surface area (Å²) in [6, 6.07) is 0.599. The molecule has 2 heterocycles. The molecule has 1 atom stereocenters. The van der Waals surface area contributed by atoms with Crippen LogP contribution in [0, 0.1) is 0 Å². The summed E-state index contributed by atoms with van der Waals surface area (Å²) in [6.07, 6.45) is 8.10. The van der Waals surface area contributed by atoms with Gasteiger partial charge in [-0.1, -0.05) is 6.42 Å². The van der Waals surface area contributed by atoms with Crippen molar-refractivity contribution in [2.45, 2.75) is 25.3 Å². The number of piperidine rings is 1. The first-order valence-electron chi connectivity index (χ1n) is 4.96. The van der Waals surface area contributed by atoms with Crippen molar-refractivity contribution in [3.8, 4) is 0 Å². The van der Waals surface area contributed by atoms with Gasteiger partial charge in [0.25, 0.3) is 0 Å². The molecular formula is C10H17N3. The second-order valence-electron chi connectivity index (χ2n) is 3.94. The number of aryl methyl sites for hydroxylation is 1. The number of nitrogens with zero attached hydrogens (tertiary/aromatic N) is 3. The molecule has 0 saturated carbocycles. The van der Waals surface area contributed by atoms with Crippen molar-refractivity contribution < 1.29 is 0 Å². The summed E-state index contributed by atoms with van der Waals surface area (Å²) in [5.74, 6) is 0. The van der Waals surface area contributed by atoms with Crippen molar-refractivity contribution in [3.05, 3.63) is 18.0 Å². The topological polar surface area (TPSA) is 21.1 Å². The van der Waals surface area contributed by atoms with Gasteiger partial charge in [0.05, 0.1) is 6.20 Å². The van der Waals surface area contributed by atoms with Crippen LogP contribution >= 0.6 is 0 Å². The maximum Gasteiger partial charge on any atom is 0.0537 e. The quantitative estimate of drug-likeness (QED) is 0.652. The Morgan fingerprint density at radius 3 is 2.85 bits per heavy atom. The second kappa shape index (κ2) is 3.50. The van der Waals surface area contributed by atoms with Gasteiger partial charge in [0.1, 0.15) is 0 Å². The van der Waals surface area contributed by atoms with E-state index in [1.54, 1.807) is 0 Å². The van der Waals surface area contributed by atoms with Gasteiger partial charge >= 0.3 is 0 Å². The fourth-order valence-corrected chi connectivity index (χ4v) is 2.11.